The summed E-state index contributed by atoms with van der Waals surface area (Å²) in [7, 11) is 0. The summed E-state index contributed by atoms with van der Waals surface area (Å²) >= 11 is 0. The topological polar surface area (TPSA) is 12.9 Å². The fraction of sp³-hybridized carbons (Fsp3) is 0. The molecule has 0 spiro atoms. The lowest BCUT2D eigenvalue weighted by Crippen LogP contribution is -1.81. The third-order valence-corrected chi connectivity index (χ3v) is 2.02. The van der Waals surface area contributed by atoms with E-state index in [0.29, 0.717) is 0 Å². The molecule has 1 heterocycles. The van der Waals surface area contributed by atoms with Crippen molar-refractivity contribution in [2.45, 2.75) is 0 Å². The van der Waals surface area contributed by atoms with Crippen LogP contribution in [0.25, 0.3) is 12.2 Å². The van der Waals surface area contributed by atoms with Crippen LogP contribution in [0, 0.1) is 5.95 Å². The van der Waals surface area contributed by atoms with E-state index in [-0.39, 0.29) is 0 Å². The molecule has 0 bridgehead atoms. The zero-order chi connectivity index (χ0) is 10.5. The van der Waals surface area contributed by atoms with Crippen molar-refractivity contribution in [1.82, 2.24) is 4.98 Å². The van der Waals surface area contributed by atoms with Gasteiger partial charge in [0.1, 0.15) is 0 Å². The van der Waals surface area contributed by atoms with Crippen LogP contribution in [0.2, 0.25) is 0 Å². The third kappa shape index (κ3) is 2.74. The van der Waals surface area contributed by atoms with Crippen LogP contribution in [-0.2, 0) is 0 Å². The van der Waals surface area contributed by atoms with Crippen molar-refractivity contribution in [3.05, 3.63) is 65.7 Å². The number of nitrogens with zero attached hydrogens (tertiary/aromatic N) is 1. The monoisotopic (exact) mass is 199 g/mol. The third-order valence-electron chi connectivity index (χ3n) is 2.02. The summed E-state index contributed by atoms with van der Waals surface area (Å²) in [6.07, 6.45) is 5.26. The Labute approximate surface area is 87.9 Å². The highest BCUT2D eigenvalue weighted by molar-refractivity contribution is 5.69. The first-order valence-electron chi connectivity index (χ1n) is 4.69. The molecule has 0 N–H and O–H groups in total. The van der Waals surface area contributed by atoms with Crippen LogP contribution in [-0.4, -0.2) is 4.98 Å². The van der Waals surface area contributed by atoms with E-state index in [0.717, 1.165) is 11.1 Å². The lowest BCUT2D eigenvalue weighted by molar-refractivity contribution is 0.583. The summed E-state index contributed by atoms with van der Waals surface area (Å²) in [5.41, 5.74) is 1.90. The lowest BCUT2D eigenvalue weighted by Gasteiger charge is -1.93. The van der Waals surface area contributed by atoms with Crippen molar-refractivity contribution in [2.75, 3.05) is 0 Å². The average Bonchev–Trinajstić information content (AvgIpc) is 2.28. The molecule has 2 rings (SSSR count). The standard InChI is InChI=1S/C13H10FN/c14-13-10-12(8-9-15-13)7-6-11-4-2-1-3-5-11/h1-10H/b7-6+. The number of rotatable bonds is 2. The molecule has 0 aliphatic heterocycles. The van der Waals surface area contributed by atoms with Crippen molar-refractivity contribution in [3.63, 3.8) is 0 Å². The zero-order valence-corrected chi connectivity index (χ0v) is 8.10. The Morgan fingerprint density at radius 3 is 2.40 bits per heavy atom. The predicted octanol–water partition coefficient (Wildman–Crippen LogP) is 3.39. The van der Waals surface area contributed by atoms with Gasteiger partial charge in [-0.1, -0.05) is 42.5 Å². The first kappa shape index (κ1) is 9.59. The smallest absolute Gasteiger partial charge is 0.213 e. The van der Waals surface area contributed by atoms with Gasteiger partial charge in [-0.15, -0.1) is 0 Å². The molecule has 0 unspecified atom stereocenters. The SMILES string of the molecule is Fc1cc(/C=C/c2ccccc2)ccn1. The maximum atomic E-state index is 12.7. The number of hydrogen-bond donors (Lipinski definition) is 0. The second-order valence-electron chi connectivity index (χ2n) is 3.16. The van der Waals surface area contributed by atoms with Gasteiger partial charge in [-0.2, -0.15) is 4.39 Å². The van der Waals surface area contributed by atoms with Gasteiger partial charge < -0.3 is 0 Å². The predicted molar refractivity (Wildman–Crippen MR) is 59.6 cm³/mol. The minimum Gasteiger partial charge on any atom is -0.228 e. The van der Waals surface area contributed by atoms with Crippen LogP contribution < -0.4 is 0 Å². The maximum Gasteiger partial charge on any atom is 0.213 e. The molecular weight excluding hydrogens is 189 g/mol. The van der Waals surface area contributed by atoms with Gasteiger partial charge in [0, 0.05) is 12.3 Å². The summed E-state index contributed by atoms with van der Waals surface area (Å²) in [5, 5.41) is 0. The van der Waals surface area contributed by atoms with Gasteiger partial charge in [0.15, 0.2) is 0 Å². The van der Waals surface area contributed by atoms with Crippen molar-refractivity contribution in [3.8, 4) is 0 Å². The van der Waals surface area contributed by atoms with Crippen LogP contribution in [0.1, 0.15) is 11.1 Å². The Hall–Kier alpha value is -1.96. The van der Waals surface area contributed by atoms with Crippen LogP contribution in [0.3, 0.4) is 0 Å². The minimum absolute atomic E-state index is 0.454. The fourth-order valence-corrected chi connectivity index (χ4v) is 1.28. The Morgan fingerprint density at radius 1 is 0.933 bits per heavy atom. The van der Waals surface area contributed by atoms with E-state index in [1.54, 1.807) is 6.07 Å². The number of benzene rings is 1. The van der Waals surface area contributed by atoms with E-state index in [1.807, 2.05) is 42.5 Å². The van der Waals surface area contributed by atoms with E-state index in [1.165, 1.54) is 12.3 Å². The Morgan fingerprint density at radius 2 is 1.67 bits per heavy atom. The fourth-order valence-electron chi connectivity index (χ4n) is 1.28. The van der Waals surface area contributed by atoms with E-state index in [9.17, 15) is 4.39 Å². The number of halogens is 1. The van der Waals surface area contributed by atoms with Crippen LogP contribution >= 0.6 is 0 Å². The largest absolute Gasteiger partial charge is 0.228 e. The van der Waals surface area contributed by atoms with Crippen LogP contribution in [0.4, 0.5) is 4.39 Å². The molecule has 1 aromatic heterocycles. The number of pyridine rings is 1. The highest BCUT2D eigenvalue weighted by Gasteiger charge is 1.91. The van der Waals surface area contributed by atoms with Crippen molar-refractivity contribution >= 4 is 12.2 Å². The molecule has 0 radical (unpaired) electrons. The highest BCUT2D eigenvalue weighted by atomic mass is 19.1. The van der Waals surface area contributed by atoms with Gasteiger partial charge in [0.05, 0.1) is 0 Å². The number of hydrogen-bond acceptors (Lipinski definition) is 1. The van der Waals surface area contributed by atoms with Gasteiger partial charge in [-0.05, 0) is 17.2 Å². The second-order valence-corrected chi connectivity index (χ2v) is 3.16. The average molecular weight is 199 g/mol. The molecular formula is C13H10FN. The first-order valence-corrected chi connectivity index (χ1v) is 4.69. The summed E-state index contributed by atoms with van der Waals surface area (Å²) in [6.45, 7) is 0. The molecule has 0 saturated carbocycles. The molecule has 1 nitrogen and oxygen atoms in total. The van der Waals surface area contributed by atoms with Gasteiger partial charge >= 0.3 is 0 Å². The van der Waals surface area contributed by atoms with Gasteiger partial charge in [-0.25, -0.2) is 4.98 Å². The minimum atomic E-state index is -0.454. The van der Waals surface area contributed by atoms with Crippen LogP contribution in [0.5, 0.6) is 0 Å². The molecule has 1 aromatic carbocycles. The molecule has 15 heavy (non-hydrogen) atoms. The molecule has 0 amide bonds. The van der Waals surface area contributed by atoms with Crippen molar-refractivity contribution in [1.29, 1.82) is 0 Å². The van der Waals surface area contributed by atoms with Gasteiger partial charge in [0.2, 0.25) is 5.95 Å². The van der Waals surface area contributed by atoms with Gasteiger partial charge in [-0.3, -0.25) is 0 Å². The van der Waals surface area contributed by atoms with E-state index in [4.69, 9.17) is 0 Å². The zero-order valence-electron chi connectivity index (χ0n) is 8.10. The van der Waals surface area contributed by atoms with E-state index >= 15 is 0 Å². The first-order chi connectivity index (χ1) is 7.34. The molecule has 2 heteroatoms. The van der Waals surface area contributed by atoms with Crippen molar-refractivity contribution < 1.29 is 4.39 Å². The van der Waals surface area contributed by atoms with E-state index < -0.39 is 5.95 Å². The lowest BCUT2D eigenvalue weighted by atomic mass is 10.1. The van der Waals surface area contributed by atoms with Crippen LogP contribution in [0.15, 0.2) is 48.7 Å². The quantitative estimate of drug-likeness (QED) is 0.675. The van der Waals surface area contributed by atoms with Crippen molar-refractivity contribution in [2.24, 2.45) is 0 Å². The van der Waals surface area contributed by atoms with E-state index in [2.05, 4.69) is 4.98 Å². The molecule has 0 aliphatic carbocycles. The molecule has 2 aromatic rings. The summed E-state index contributed by atoms with van der Waals surface area (Å²) in [6, 6.07) is 13.0. The molecule has 74 valence electrons. The second kappa shape index (κ2) is 4.51. The Balaban J connectivity index is 2.19. The maximum absolute atomic E-state index is 12.7. The van der Waals surface area contributed by atoms with Gasteiger partial charge in [0.25, 0.3) is 0 Å². The normalized spacial score (nSPS) is 10.7. The summed E-state index contributed by atoms with van der Waals surface area (Å²) in [5.74, 6) is -0.454. The molecule has 0 fully saturated rings. The Bertz CT molecular complexity index is 463. The summed E-state index contributed by atoms with van der Waals surface area (Å²) < 4.78 is 12.7. The molecule has 0 saturated heterocycles. The molecule has 0 atom stereocenters. The highest BCUT2D eigenvalue weighted by Crippen LogP contribution is 2.07. The molecule has 0 aliphatic rings. The Kier molecular flexibility index (Phi) is 2.88. The number of aromatic nitrogens is 1. The summed E-state index contributed by atoms with van der Waals surface area (Å²) in [4.78, 5) is 3.49.